The number of methoxy groups -OCH3 is 2. The summed E-state index contributed by atoms with van der Waals surface area (Å²) in [7, 11) is 3.17. The topological polar surface area (TPSA) is 66.0 Å². The quantitative estimate of drug-likeness (QED) is 0.716. The third kappa shape index (κ3) is 5.02. The zero-order valence-electron chi connectivity index (χ0n) is 17.2. The predicted octanol–water partition coefficient (Wildman–Crippen LogP) is 4.00. The van der Waals surface area contributed by atoms with E-state index in [9.17, 15) is 4.79 Å². The first-order chi connectivity index (χ1) is 14.0. The molecule has 0 aromatic heterocycles. The van der Waals surface area contributed by atoms with Crippen molar-refractivity contribution in [1.82, 2.24) is 5.32 Å². The lowest BCUT2D eigenvalue weighted by Gasteiger charge is -2.25. The maximum absolute atomic E-state index is 12.6. The molecule has 2 aromatic carbocycles. The van der Waals surface area contributed by atoms with Crippen LogP contribution in [0.1, 0.15) is 31.0 Å². The lowest BCUT2D eigenvalue weighted by molar-refractivity contribution is -0.117. The first-order valence-corrected chi connectivity index (χ1v) is 9.62. The highest BCUT2D eigenvalue weighted by molar-refractivity contribution is 5.92. The average molecular weight is 397 g/mol. The summed E-state index contributed by atoms with van der Waals surface area (Å²) >= 11 is 0. The normalized spacial score (nSPS) is 14.0. The van der Waals surface area contributed by atoms with Gasteiger partial charge >= 0.3 is 0 Å². The van der Waals surface area contributed by atoms with E-state index in [-0.39, 0.29) is 17.9 Å². The van der Waals surface area contributed by atoms with Crippen LogP contribution < -0.4 is 24.3 Å². The Kier molecular flexibility index (Phi) is 6.65. The third-order valence-corrected chi connectivity index (χ3v) is 4.72. The fourth-order valence-electron chi connectivity index (χ4n) is 3.22. The van der Waals surface area contributed by atoms with Crippen molar-refractivity contribution in [3.05, 3.63) is 53.6 Å². The Hall–Kier alpha value is -3.15. The van der Waals surface area contributed by atoms with Crippen LogP contribution in [0, 0.1) is 5.92 Å². The molecule has 0 fully saturated rings. The highest BCUT2D eigenvalue weighted by atomic mass is 16.6. The van der Waals surface area contributed by atoms with Gasteiger partial charge in [-0.05, 0) is 47.4 Å². The molecule has 154 valence electrons. The monoisotopic (exact) mass is 397 g/mol. The number of hydrogen-bond acceptors (Lipinski definition) is 5. The van der Waals surface area contributed by atoms with Crippen molar-refractivity contribution >= 4 is 12.0 Å². The zero-order valence-corrected chi connectivity index (χ0v) is 17.2. The van der Waals surface area contributed by atoms with Crippen molar-refractivity contribution in [1.29, 1.82) is 0 Å². The van der Waals surface area contributed by atoms with Gasteiger partial charge in [-0.2, -0.15) is 0 Å². The van der Waals surface area contributed by atoms with Gasteiger partial charge < -0.3 is 24.3 Å². The molecule has 1 N–H and O–H groups in total. The fourth-order valence-corrected chi connectivity index (χ4v) is 3.22. The van der Waals surface area contributed by atoms with E-state index in [0.29, 0.717) is 24.7 Å². The summed E-state index contributed by atoms with van der Waals surface area (Å²) in [6.45, 7) is 5.22. The van der Waals surface area contributed by atoms with Gasteiger partial charge in [0.1, 0.15) is 13.2 Å². The standard InChI is InChI=1S/C23H27NO5/c1-15(2)23(17-7-9-19-21(14-17)29-12-11-28-19)24-22(25)10-6-16-5-8-18(26-3)20(13-16)27-4/h5-10,13-15,23H,11-12H2,1-4H3,(H,24,25)/b10-6+/t23-/m1/s1. The molecular weight excluding hydrogens is 370 g/mol. The molecule has 1 amide bonds. The average Bonchev–Trinajstić information content (AvgIpc) is 2.75. The number of carbonyl (C=O) groups excluding carboxylic acids is 1. The molecule has 0 aliphatic carbocycles. The number of hydrogen-bond donors (Lipinski definition) is 1. The summed E-state index contributed by atoms with van der Waals surface area (Å²) in [5, 5.41) is 3.08. The van der Waals surface area contributed by atoms with Crippen molar-refractivity contribution in [3.8, 4) is 23.0 Å². The van der Waals surface area contributed by atoms with Gasteiger partial charge in [-0.15, -0.1) is 0 Å². The number of rotatable bonds is 7. The van der Waals surface area contributed by atoms with Crippen LogP contribution >= 0.6 is 0 Å². The van der Waals surface area contributed by atoms with Crippen molar-refractivity contribution in [3.63, 3.8) is 0 Å². The SMILES string of the molecule is COc1ccc(/C=C/C(=O)N[C@@H](c2ccc3c(c2)OCCO3)C(C)C)cc1OC. The van der Waals surface area contributed by atoms with Crippen LogP contribution in [0.3, 0.4) is 0 Å². The van der Waals surface area contributed by atoms with Crippen molar-refractivity contribution in [2.75, 3.05) is 27.4 Å². The van der Waals surface area contributed by atoms with Crippen LogP contribution in [0.4, 0.5) is 0 Å². The number of benzene rings is 2. The molecule has 1 atom stereocenters. The van der Waals surface area contributed by atoms with Crippen LogP contribution in [-0.2, 0) is 4.79 Å². The number of ether oxygens (including phenoxy) is 4. The van der Waals surface area contributed by atoms with Gasteiger partial charge in [0, 0.05) is 6.08 Å². The van der Waals surface area contributed by atoms with Crippen LogP contribution in [0.5, 0.6) is 23.0 Å². The molecule has 2 aromatic rings. The molecule has 6 heteroatoms. The van der Waals surface area contributed by atoms with Crippen LogP contribution in [0.15, 0.2) is 42.5 Å². The van der Waals surface area contributed by atoms with E-state index in [2.05, 4.69) is 19.2 Å². The van der Waals surface area contributed by atoms with E-state index < -0.39 is 0 Å². The molecule has 29 heavy (non-hydrogen) atoms. The van der Waals surface area contributed by atoms with E-state index >= 15 is 0 Å². The van der Waals surface area contributed by atoms with Gasteiger partial charge in [-0.1, -0.05) is 26.0 Å². The van der Waals surface area contributed by atoms with Crippen molar-refractivity contribution in [2.24, 2.45) is 5.92 Å². The van der Waals surface area contributed by atoms with Gasteiger partial charge in [0.25, 0.3) is 0 Å². The largest absolute Gasteiger partial charge is 0.493 e. The maximum Gasteiger partial charge on any atom is 0.244 e. The second-order valence-corrected chi connectivity index (χ2v) is 7.08. The summed E-state index contributed by atoms with van der Waals surface area (Å²) in [6, 6.07) is 11.2. The lowest BCUT2D eigenvalue weighted by atomic mass is 9.95. The highest BCUT2D eigenvalue weighted by Gasteiger charge is 2.20. The molecule has 0 saturated heterocycles. The van der Waals surface area contributed by atoms with Gasteiger partial charge in [0.2, 0.25) is 5.91 Å². The number of amides is 1. The van der Waals surface area contributed by atoms with Gasteiger partial charge in [0.05, 0.1) is 20.3 Å². The minimum absolute atomic E-state index is 0.145. The number of nitrogens with one attached hydrogen (secondary N) is 1. The van der Waals surface area contributed by atoms with Crippen LogP contribution in [0.25, 0.3) is 6.08 Å². The minimum atomic E-state index is -0.173. The first kappa shape index (κ1) is 20.6. The molecule has 0 radical (unpaired) electrons. The molecule has 1 heterocycles. The summed E-state index contributed by atoms with van der Waals surface area (Å²) in [4.78, 5) is 12.6. The fraction of sp³-hybridized carbons (Fsp3) is 0.348. The van der Waals surface area contributed by atoms with Gasteiger partial charge in [-0.25, -0.2) is 0 Å². The van der Waals surface area contributed by atoms with Gasteiger partial charge in [0.15, 0.2) is 23.0 Å². The Morgan fingerprint density at radius 3 is 2.41 bits per heavy atom. The maximum atomic E-state index is 12.6. The third-order valence-electron chi connectivity index (χ3n) is 4.72. The summed E-state index contributed by atoms with van der Waals surface area (Å²) < 4.78 is 21.8. The molecule has 6 nitrogen and oxygen atoms in total. The zero-order chi connectivity index (χ0) is 20.8. The summed E-state index contributed by atoms with van der Waals surface area (Å²) in [5.74, 6) is 2.75. The van der Waals surface area contributed by atoms with Crippen molar-refractivity contribution in [2.45, 2.75) is 19.9 Å². The second-order valence-electron chi connectivity index (χ2n) is 7.08. The Bertz CT molecular complexity index is 891. The smallest absolute Gasteiger partial charge is 0.244 e. The number of fused-ring (bicyclic) bond motifs is 1. The summed E-state index contributed by atoms with van der Waals surface area (Å²) in [5.41, 5.74) is 1.83. The van der Waals surface area contributed by atoms with E-state index in [1.54, 1.807) is 20.3 Å². The molecule has 1 aliphatic heterocycles. The van der Waals surface area contributed by atoms with E-state index in [1.165, 1.54) is 6.08 Å². The number of carbonyl (C=O) groups is 1. The molecule has 1 aliphatic rings. The van der Waals surface area contributed by atoms with Crippen LogP contribution in [-0.4, -0.2) is 33.3 Å². The van der Waals surface area contributed by atoms with Crippen LogP contribution in [0.2, 0.25) is 0 Å². The molecule has 0 unspecified atom stereocenters. The molecular formula is C23H27NO5. The molecule has 0 spiro atoms. The van der Waals surface area contributed by atoms with E-state index in [1.807, 2.05) is 36.4 Å². The molecule has 0 saturated carbocycles. The summed E-state index contributed by atoms with van der Waals surface area (Å²) in [6.07, 6.45) is 3.27. The first-order valence-electron chi connectivity index (χ1n) is 9.62. The van der Waals surface area contributed by atoms with Crippen molar-refractivity contribution < 1.29 is 23.7 Å². The Balaban J connectivity index is 1.72. The minimum Gasteiger partial charge on any atom is -0.493 e. The molecule has 0 bridgehead atoms. The van der Waals surface area contributed by atoms with E-state index in [0.717, 1.165) is 22.6 Å². The predicted molar refractivity (Wildman–Crippen MR) is 112 cm³/mol. The Labute approximate surface area is 171 Å². The van der Waals surface area contributed by atoms with Gasteiger partial charge in [-0.3, -0.25) is 4.79 Å². The second kappa shape index (κ2) is 9.37. The Morgan fingerprint density at radius 2 is 1.72 bits per heavy atom. The molecule has 3 rings (SSSR count). The lowest BCUT2D eigenvalue weighted by Crippen LogP contribution is -2.30. The Morgan fingerprint density at radius 1 is 1.00 bits per heavy atom. The van der Waals surface area contributed by atoms with E-state index in [4.69, 9.17) is 18.9 Å². The highest BCUT2D eigenvalue weighted by Crippen LogP contribution is 2.34.